The van der Waals surface area contributed by atoms with E-state index in [1.165, 1.54) is 12.1 Å². The van der Waals surface area contributed by atoms with Gasteiger partial charge in [-0.3, -0.25) is 4.79 Å². The number of halogens is 1. The van der Waals surface area contributed by atoms with Crippen LogP contribution in [0, 0.1) is 11.7 Å². The van der Waals surface area contributed by atoms with Crippen LogP contribution in [0.5, 0.6) is 0 Å². The van der Waals surface area contributed by atoms with E-state index in [1.807, 2.05) is 0 Å². The van der Waals surface area contributed by atoms with E-state index in [0.717, 1.165) is 25.9 Å². The summed E-state index contributed by atoms with van der Waals surface area (Å²) in [5.41, 5.74) is 11.9. The molecule has 1 aliphatic heterocycles. The molecule has 1 fully saturated rings. The molecule has 1 saturated heterocycles. The van der Waals surface area contributed by atoms with E-state index in [0.29, 0.717) is 18.2 Å². The lowest BCUT2D eigenvalue weighted by Gasteiger charge is -2.34. The lowest BCUT2D eigenvalue weighted by atomic mass is 9.97. The number of nitrogens with zero attached hydrogens (tertiary/aromatic N) is 1. The van der Waals surface area contributed by atoms with Crippen LogP contribution in [0.4, 0.5) is 10.1 Å². The summed E-state index contributed by atoms with van der Waals surface area (Å²) in [5, 5.41) is 0. The minimum Gasteiger partial charge on any atom is -0.371 e. The van der Waals surface area contributed by atoms with Crippen molar-refractivity contribution in [3.8, 4) is 0 Å². The first-order valence-corrected chi connectivity index (χ1v) is 6.16. The first kappa shape index (κ1) is 12.8. The molecule has 1 amide bonds. The number of carbonyl (C=O) groups excluding carboxylic acids is 1. The summed E-state index contributed by atoms with van der Waals surface area (Å²) in [4.78, 5) is 13.4. The molecule has 1 aromatic rings. The summed E-state index contributed by atoms with van der Waals surface area (Å²) < 4.78 is 13.2. The Balaban J connectivity index is 2.29. The summed E-state index contributed by atoms with van der Waals surface area (Å²) >= 11 is 0. The fourth-order valence-corrected chi connectivity index (χ4v) is 2.46. The average Bonchev–Trinajstić information content (AvgIpc) is 2.38. The third kappa shape index (κ3) is 2.61. The van der Waals surface area contributed by atoms with Crippen LogP contribution >= 0.6 is 0 Å². The lowest BCUT2D eigenvalue weighted by Crippen LogP contribution is -2.39. The maximum absolute atomic E-state index is 13.2. The normalized spacial score (nSPS) is 19.9. The van der Waals surface area contributed by atoms with Gasteiger partial charge in [0.1, 0.15) is 5.82 Å². The van der Waals surface area contributed by atoms with Crippen molar-refractivity contribution in [1.29, 1.82) is 0 Å². The van der Waals surface area contributed by atoms with Crippen LogP contribution in [0.3, 0.4) is 0 Å². The van der Waals surface area contributed by atoms with Gasteiger partial charge < -0.3 is 16.4 Å². The molecule has 1 atom stereocenters. The van der Waals surface area contributed by atoms with Gasteiger partial charge in [0, 0.05) is 18.8 Å². The highest BCUT2D eigenvalue weighted by Gasteiger charge is 2.22. The van der Waals surface area contributed by atoms with Crippen LogP contribution in [-0.4, -0.2) is 25.5 Å². The molecule has 4 N–H and O–H groups in total. The summed E-state index contributed by atoms with van der Waals surface area (Å²) in [6, 6.07) is 4.17. The van der Waals surface area contributed by atoms with Gasteiger partial charge in [0.2, 0.25) is 0 Å². The van der Waals surface area contributed by atoms with Crippen LogP contribution in [0.1, 0.15) is 23.2 Å². The largest absolute Gasteiger partial charge is 0.371 e. The quantitative estimate of drug-likeness (QED) is 0.845. The number of primary amides is 1. The van der Waals surface area contributed by atoms with E-state index in [9.17, 15) is 9.18 Å². The number of nitrogens with two attached hydrogens (primary N) is 2. The molecule has 0 bridgehead atoms. The SMILES string of the molecule is NCC1CCCN(c2ccc(F)cc2C(N)=O)C1. The van der Waals surface area contributed by atoms with Gasteiger partial charge in [-0.05, 0) is 43.5 Å². The molecule has 0 spiro atoms. The van der Waals surface area contributed by atoms with Crippen molar-refractivity contribution in [2.45, 2.75) is 12.8 Å². The number of anilines is 1. The van der Waals surface area contributed by atoms with E-state index >= 15 is 0 Å². The van der Waals surface area contributed by atoms with Gasteiger partial charge >= 0.3 is 0 Å². The van der Waals surface area contributed by atoms with Crippen molar-refractivity contribution < 1.29 is 9.18 Å². The molecule has 18 heavy (non-hydrogen) atoms. The predicted molar refractivity (Wildman–Crippen MR) is 68.9 cm³/mol. The number of hydrogen-bond acceptors (Lipinski definition) is 3. The standard InChI is InChI=1S/C13H18FN3O/c14-10-3-4-12(11(6-10)13(16)18)17-5-1-2-9(7-15)8-17/h3-4,6,9H,1-2,5,7-8,15H2,(H2,16,18). The van der Waals surface area contributed by atoms with E-state index < -0.39 is 11.7 Å². The number of amides is 1. The van der Waals surface area contributed by atoms with Crippen molar-refractivity contribution in [1.82, 2.24) is 0 Å². The molecule has 4 nitrogen and oxygen atoms in total. The smallest absolute Gasteiger partial charge is 0.250 e. The zero-order valence-corrected chi connectivity index (χ0v) is 10.2. The topological polar surface area (TPSA) is 72.3 Å². The summed E-state index contributed by atoms with van der Waals surface area (Å²) in [6.07, 6.45) is 2.12. The second-order valence-corrected chi connectivity index (χ2v) is 4.72. The summed E-state index contributed by atoms with van der Waals surface area (Å²) in [7, 11) is 0. The van der Waals surface area contributed by atoms with Crippen molar-refractivity contribution in [2.75, 3.05) is 24.5 Å². The van der Waals surface area contributed by atoms with Crippen molar-refractivity contribution in [2.24, 2.45) is 17.4 Å². The van der Waals surface area contributed by atoms with E-state index in [2.05, 4.69) is 4.90 Å². The minimum absolute atomic E-state index is 0.243. The highest BCUT2D eigenvalue weighted by Crippen LogP contribution is 2.26. The van der Waals surface area contributed by atoms with Crippen molar-refractivity contribution >= 4 is 11.6 Å². The Morgan fingerprint density at radius 2 is 2.28 bits per heavy atom. The van der Waals surface area contributed by atoms with Gasteiger partial charge in [-0.1, -0.05) is 0 Å². The monoisotopic (exact) mass is 251 g/mol. The van der Waals surface area contributed by atoms with E-state index in [1.54, 1.807) is 6.07 Å². The van der Waals surface area contributed by atoms with Crippen LogP contribution in [0.2, 0.25) is 0 Å². The van der Waals surface area contributed by atoms with Crippen LogP contribution in [0.25, 0.3) is 0 Å². The Kier molecular flexibility index (Phi) is 3.81. The zero-order chi connectivity index (χ0) is 13.1. The third-order valence-corrected chi connectivity index (χ3v) is 3.42. The van der Waals surface area contributed by atoms with Crippen LogP contribution in [0.15, 0.2) is 18.2 Å². The Morgan fingerprint density at radius 3 is 2.94 bits per heavy atom. The van der Waals surface area contributed by atoms with Crippen LogP contribution < -0.4 is 16.4 Å². The Hall–Kier alpha value is -1.62. The molecule has 2 rings (SSSR count). The molecule has 1 aromatic carbocycles. The second kappa shape index (κ2) is 5.35. The molecule has 0 radical (unpaired) electrons. The number of hydrogen-bond donors (Lipinski definition) is 2. The van der Waals surface area contributed by atoms with Gasteiger partial charge in [-0.25, -0.2) is 4.39 Å². The Labute approximate surface area is 106 Å². The molecule has 98 valence electrons. The summed E-state index contributed by atoms with van der Waals surface area (Å²) in [5.74, 6) is -0.621. The first-order chi connectivity index (χ1) is 8.61. The number of benzene rings is 1. The molecule has 0 saturated carbocycles. The molecule has 1 aliphatic rings. The maximum Gasteiger partial charge on any atom is 0.250 e. The lowest BCUT2D eigenvalue weighted by molar-refractivity contribution is 0.1000. The third-order valence-electron chi connectivity index (χ3n) is 3.42. The minimum atomic E-state index is -0.598. The van der Waals surface area contributed by atoms with Crippen molar-refractivity contribution in [3.63, 3.8) is 0 Å². The molecular weight excluding hydrogens is 233 g/mol. The van der Waals surface area contributed by atoms with Gasteiger partial charge in [0.05, 0.1) is 5.56 Å². The number of rotatable bonds is 3. The van der Waals surface area contributed by atoms with E-state index in [4.69, 9.17) is 11.5 Å². The maximum atomic E-state index is 13.2. The predicted octanol–water partition coefficient (Wildman–Crippen LogP) is 1.10. The van der Waals surface area contributed by atoms with Gasteiger partial charge in [0.25, 0.3) is 5.91 Å². The Morgan fingerprint density at radius 1 is 1.50 bits per heavy atom. The van der Waals surface area contributed by atoms with E-state index in [-0.39, 0.29) is 5.56 Å². The Bertz CT molecular complexity index is 450. The second-order valence-electron chi connectivity index (χ2n) is 4.72. The average molecular weight is 251 g/mol. The highest BCUT2D eigenvalue weighted by molar-refractivity contribution is 5.98. The van der Waals surface area contributed by atoms with Gasteiger partial charge in [-0.15, -0.1) is 0 Å². The number of carbonyl (C=O) groups is 1. The molecule has 1 unspecified atom stereocenters. The van der Waals surface area contributed by atoms with Crippen LogP contribution in [-0.2, 0) is 0 Å². The zero-order valence-electron chi connectivity index (χ0n) is 10.2. The number of piperidine rings is 1. The van der Waals surface area contributed by atoms with Gasteiger partial charge in [0.15, 0.2) is 0 Å². The molecule has 1 heterocycles. The fraction of sp³-hybridized carbons (Fsp3) is 0.462. The highest BCUT2D eigenvalue weighted by atomic mass is 19.1. The molecule has 0 aromatic heterocycles. The first-order valence-electron chi connectivity index (χ1n) is 6.16. The fourth-order valence-electron chi connectivity index (χ4n) is 2.46. The molecule has 5 heteroatoms. The van der Waals surface area contributed by atoms with Gasteiger partial charge in [-0.2, -0.15) is 0 Å². The summed E-state index contributed by atoms with van der Waals surface area (Å²) in [6.45, 7) is 2.27. The van der Waals surface area contributed by atoms with Crippen molar-refractivity contribution in [3.05, 3.63) is 29.6 Å². The molecular formula is C13H18FN3O. The molecule has 0 aliphatic carbocycles.